The van der Waals surface area contributed by atoms with E-state index in [2.05, 4.69) is 27.7 Å². The standard InChI is InChI=1S/C26H40O4/c1-5-6-7-12-29-25(28)30-22-11-10-21-24-16(2)13-18-14-19(27)8-9-20(18)23(24)17(3)15-26(21,22)4/h14,16-17,20-24H,5-13,15H2,1-4H3/t16-,17+,20?,21?,22+,23?,24?,26+/m1/s1. The maximum Gasteiger partial charge on any atom is 0.508 e. The van der Waals surface area contributed by atoms with E-state index in [4.69, 9.17) is 9.47 Å². The first-order chi connectivity index (χ1) is 14.3. The Balaban J connectivity index is 1.48. The van der Waals surface area contributed by atoms with Crippen molar-refractivity contribution < 1.29 is 19.1 Å². The lowest BCUT2D eigenvalue weighted by Crippen LogP contribution is -2.54. The molecule has 3 saturated carbocycles. The maximum atomic E-state index is 12.3. The van der Waals surface area contributed by atoms with Gasteiger partial charge in [-0.2, -0.15) is 0 Å². The van der Waals surface area contributed by atoms with Crippen LogP contribution in [0.15, 0.2) is 11.6 Å². The Kier molecular flexibility index (Phi) is 6.33. The van der Waals surface area contributed by atoms with Crippen LogP contribution in [0.1, 0.15) is 85.5 Å². The molecule has 0 heterocycles. The number of carbonyl (C=O) groups is 2. The highest BCUT2D eigenvalue weighted by Gasteiger charge is 2.61. The Morgan fingerprint density at radius 1 is 1.13 bits per heavy atom. The fourth-order valence-corrected chi connectivity index (χ4v) is 7.94. The molecule has 4 unspecified atom stereocenters. The Bertz CT molecular complexity index is 697. The summed E-state index contributed by atoms with van der Waals surface area (Å²) in [6.07, 6.45) is 10.6. The van der Waals surface area contributed by atoms with Gasteiger partial charge in [-0.05, 0) is 80.1 Å². The highest BCUT2D eigenvalue weighted by molar-refractivity contribution is 5.91. The van der Waals surface area contributed by atoms with Crippen LogP contribution in [-0.4, -0.2) is 24.6 Å². The van der Waals surface area contributed by atoms with E-state index >= 15 is 0 Å². The minimum absolute atomic E-state index is 0.0263. The smallest absolute Gasteiger partial charge is 0.434 e. The van der Waals surface area contributed by atoms with Crippen molar-refractivity contribution in [1.82, 2.24) is 0 Å². The molecule has 0 aromatic heterocycles. The Morgan fingerprint density at radius 2 is 1.93 bits per heavy atom. The van der Waals surface area contributed by atoms with Crippen LogP contribution in [0.5, 0.6) is 0 Å². The molecule has 4 rings (SSSR count). The molecule has 4 aliphatic rings. The lowest BCUT2D eigenvalue weighted by molar-refractivity contribution is -0.119. The second kappa shape index (κ2) is 8.67. The number of carbonyl (C=O) groups excluding carboxylic acids is 2. The van der Waals surface area contributed by atoms with Gasteiger partial charge in [0.2, 0.25) is 0 Å². The number of rotatable bonds is 5. The van der Waals surface area contributed by atoms with E-state index in [0.717, 1.165) is 57.8 Å². The van der Waals surface area contributed by atoms with Crippen molar-refractivity contribution in [1.29, 1.82) is 0 Å². The molecule has 0 aromatic carbocycles. The lowest BCUT2D eigenvalue weighted by Gasteiger charge is -2.58. The van der Waals surface area contributed by atoms with Gasteiger partial charge in [0.25, 0.3) is 0 Å². The second-order valence-corrected chi connectivity index (χ2v) is 10.9. The van der Waals surface area contributed by atoms with Crippen LogP contribution in [-0.2, 0) is 14.3 Å². The van der Waals surface area contributed by atoms with Crippen molar-refractivity contribution in [2.45, 2.75) is 91.6 Å². The van der Waals surface area contributed by atoms with Gasteiger partial charge in [-0.15, -0.1) is 0 Å². The highest BCUT2D eigenvalue weighted by atomic mass is 16.7. The minimum atomic E-state index is -0.472. The Labute approximate surface area is 182 Å². The van der Waals surface area contributed by atoms with Crippen LogP contribution >= 0.6 is 0 Å². The number of allylic oxidation sites excluding steroid dienone is 1. The van der Waals surface area contributed by atoms with Crippen molar-refractivity contribution in [3.63, 3.8) is 0 Å². The summed E-state index contributed by atoms with van der Waals surface area (Å²) in [6.45, 7) is 9.78. The van der Waals surface area contributed by atoms with E-state index in [1.54, 1.807) is 0 Å². The molecule has 4 heteroatoms. The Hall–Kier alpha value is -1.32. The average molecular weight is 417 g/mol. The third-order valence-electron chi connectivity index (χ3n) is 9.06. The predicted octanol–water partition coefficient (Wildman–Crippen LogP) is 6.33. The van der Waals surface area contributed by atoms with Gasteiger partial charge < -0.3 is 9.47 Å². The van der Waals surface area contributed by atoms with Gasteiger partial charge >= 0.3 is 6.16 Å². The summed E-state index contributed by atoms with van der Waals surface area (Å²) < 4.78 is 11.3. The highest BCUT2D eigenvalue weighted by Crippen LogP contribution is 2.65. The molecule has 0 N–H and O–H groups in total. The van der Waals surface area contributed by atoms with Crippen LogP contribution in [0.2, 0.25) is 0 Å². The fraction of sp³-hybridized carbons (Fsp3) is 0.846. The molecule has 0 saturated heterocycles. The largest absolute Gasteiger partial charge is 0.508 e. The summed E-state index contributed by atoms with van der Waals surface area (Å²) >= 11 is 0. The zero-order chi connectivity index (χ0) is 21.5. The van der Waals surface area contributed by atoms with Crippen LogP contribution in [0, 0.1) is 40.9 Å². The monoisotopic (exact) mass is 416 g/mol. The van der Waals surface area contributed by atoms with Gasteiger partial charge in [0.15, 0.2) is 5.78 Å². The van der Waals surface area contributed by atoms with Gasteiger partial charge in [0, 0.05) is 11.8 Å². The first-order valence-corrected chi connectivity index (χ1v) is 12.4. The molecular weight excluding hydrogens is 376 g/mol. The third kappa shape index (κ3) is 3.84. The van der Waals surface area contributed by atoms with E-state index in [-0.39, 0.29) is 11.5 Å². The van der Waals surface area contributed by atoms with Crippen LogP contribution in [0.4, 0.5) is 4.79 Å². The molecule has 3 fully saturated rings. The van der Waals surface area contributed by atoms with Gasteiger partial charge in [-0.25, -0.2) is 4.79 Å². The van der Waals surface area contributed by atoms with Gasteiger partial charge in [-0.1, -0.05) is 46.1 Å². The maximum absolute atomic E-state index is 12.3. The molecule has 0 aromatic rings. The Morgan fingerprint density at radius 3 is 2.70 bits per heavy atom. The van der Waals surface area contributed by atoms with Crippen LogP contribution in [0.3, 0.4) is 0 Å². The zero-order valence-corrected chi connectivity index (χ0v) is 19.3. The zero-order valence-electron chi connectivity index (χ0n) is 19.3. The molecule has 30 heavy (non-hydrogen) atoms. The summed E-state index contributed by atoms with van der Waals surface area (Å²) in [7, 11) is 0. The van der Waals surface area contributed by atoms with E-state index in [9.17, 15) is 9.59 Å². The van der Waals surface area contributed by atoms with E-state index in [0.29, 0.717) is 47.9 Å². The van der Waals surface area contributed by atoms with Crippen molar-refractivity contribution in [2.75, 3.05) is 6.61 Å². The van der Waals surface area contributed by atoms with Crippen molar-refractivity contribution in [2.24, 2.45) is 40.9 Å². The SMILES string of the molecule is CCCCCOC(=O)O[C@H]1CCC2C3C(C4CCC(=O)C=C4C[C@H]3C)[C@@H](C)C[C@@]21C. The lowest BCUT2D eigenvalue weighted by atomic mass is 9.47. The first kappa shape index (κ1) is 21.9. The molecule has 4 nitrogen and oxygen atoms in total. The fourth-order valence-electron chi connectivity index (χ4n) is 7.94. The molecule has 0 aliphatic heterocycles. The number of unbranched alkanes of at least 4 members (excludes halogenated alkanes) is 2. The first-order valence-electron chi connectivity index (χ1n) is 12.4. The molecular formula is C26H40O4. The van der Waals surface area contributed by atoms with E-state index in [1.807, 2.05) is 6.08 Å². The average Bonchev–Trinajstić information content (AvgIpc) is 3.00. The molecule has 0 amide bonds. The van der Waals surface area contributed by atoms with Crippen molar-refractivity contribution in [3.05, 3.63) is 11.6 Å². The number of ketones is 1. The minimum Gasteiger partial charge on any atom is -0.434 e. The summed E-state index contributed by atoms with van der Waals surface area (Å²) in [5.74, 6) is 4.04. The normalized spacial score (nSPS) is 42.6. The summed E-state index contributed by atoms with van der Waals surface area (Å²) in [5.41, 5.74) is 1.47. The van der Waals surface area contributed by atoms with Gasteiger partial charge in [0.05, 0.1) is 6.61 Å². The predicted molar refractivity (Wildman–Crippen MR) is 117 cm³/mol. The molecule has 0 bridgehead atoms. The quantitative estimate of drug-likeness (QED) is 0.388. The molecule has 168 valence electrons. The van der Waals surface area contributed by atoms with E-state index in [1.165, 1.54) is 5.57 Å². The number of hydrogen-bond donors (Lipinski definition) is 0. The summed E-state index contributed by atoms with van der Waals surface area (Å²) in [5, 5.41) is 0. The second-order valence-electron chi connectivity index (χ2n) is 10.9. The topological polar surface area (TPSA) is 52.6 Å². The van der Waals surface area contributed by atoms with E-state index < -0.39 is 6.16 Å². The van der Waals surface area contributed by atoms with Crippen molar-refractivity contribution >= 4 is 11.9 Å². The van der Waals surface area contributed by atoms with Crippen LogP contribution in [0.25, 0.3) is 0 Å². The number of ether oxygens (including phenoxy) is 2. The summed E-state index contributed by atoms with van der Waals surface area (Å²) in [6, 6.07) is 0. The van der Waals surface area contributed by atoms with Gasteiger partial charge in [-0.3, -0.25) is 4.79 Å². The van der Waals surface area contributed by atoms with Crippen molar-refractivity contribution in [3.8, 4) is 0 Å². The number of fused-ring (bicyclic) bond motifs is 5. The number of hydrogen-bond acceptors (Lipinski definition) is 4. The van der Waals surface area contributed by atoms with Gasteiger partial charge in [0.1, 0.15) is 6.10 Å². The molecule has 8 atom stereocenters. The molecule has 4 aliphatic carbocycles. The summed E-state index contributed by atoms with van der Waals surface area (Å²) in [4.78, 5) is 24.4. The van der Waals surface area contributed by atoms with Crippen LogP contribution < -0.4 is 0 Å². The molecule has 0 spiro atoms. The molecule has 0 radical (unpaired) electrons. The third-order valence-corrected chi connectivity index (χ3v) is 9.06.